The monoisotopic (exact) mass is 500 g/mol. The van der Waals surface area contributed by atoms with Crippen molar-refractivity contribution in [1.29, 1.82) is 0 Å². The summed E-state index contributed by atoms with van der Waals surface area (Å²) in [4.78, 5) is 45.2. The maximum absolute atomic E-state index is 13.9. The van der Waals surface area contributed by atoms with Crippen molar-refractivity contribution in [3.63, 3.8) is 0 Å². The normalized spacial score (nSPS) is 20.7. The molecule has 186 valence electrons. The summed E-state index contributed by atoms with van der Waals surface area (Å²) in [6.45, 7) is 7.67. The number of hydrogen-bond acceptors (Lipinski definition) is 3. The van der Waals surface area contributed by atoms with Crippen LogP contribution < -0.4 is 10.6 Å². The first-order chi connectivity index (χ1) is 17.8. The first-order valence-corrected chi connectivity index (χ1v) is 11.7. The van der Waals surface area contributed by atoms with Crippen LogP contribution in [0.25, 0.3) is 4.85 Å². The Labute approximate surface area is 211 Å². The van der Waals surface area contributed by atoms with E-state index in [1.807, 2.05) is 0 Å². The minimum atomic E-state index is -1.30. The molecule has 1 fully saturated rings. The van der Waals surface area contributed by atoms with Gasteiger partial charge in [0.05, 0.1) is 6.42 Å². The molecule has 7 nitrogen and oxygen atoms in total. The fourth-order valence-electron chi connectivity index (χ4n) is 5.15. The first-order valence-electron chi connectivity index (χ1n) is 11.7. The van der Waals surface area contributed by atoms with E-state index in [1.165, 1.54) is 4.90 Å². The van der Waals surface area contributed by atoms with Crippen LogP contribution in [0.4, 0.5) is 20.2 Å². The molecule has 2 aliphatic heterocycles. The van der Waals surface area contributed by atoms with Crippen LogP contribution in [0.5, 0.6) is 0 Å². The Kier molecular flexibility index (Phi) is 6.17. The maximum atomic E-state index is 13.9. The standard InChI is InChI=1S/C28H22F2N4O3/c1-31-24-15-28(22-9-5-6-10-23(22)33-27(28)37)16-34(24)26(36)21(11-17-7-3-2-4-8-17)25(35)32-20-13-18(29)12-19(30)14-20/h2-10,12-14,21,24H,11,15-16H2,(H,32,35)(H,33,37)/t21-,24-,28-/m0/s1. The molecule has 0 aliphatic carbocycles. The van der Waals surface area contributed by atoms with Gasteiger partial charge in [-0.1, -0.05) is 48.5 Å². The predicted molar refractivity (Wildman–Crippen MR) is 132 cm³/mol. The Hall–Kier alpha value is -4.58. The number of hydrogen-bond donors (Lipinski definition) is 2. The van der Waals surface area contributed by atoms with Gasteiger partial charge < -0.3 is 10.6 Å². The zero-order valence-corrected chi connectivity index (χ0v) is 19.6. The van der Waals surface area contributed by atoms with Gasteiger partial charge in [0, 0.05) is 24.0 Å². The number of anilines is 2. The molecule has 1 saturated heterocycles. The number of likely N-dealkylation sites (tertiary alicyclic amines) is 1. The number of halogens is 2. The van der Waals surface area contributed by atoms with Crippen molar-refractivity contribution < 1.29 is 23.2 Å². The van der Waals surface area contributed by atoms with Crippen LogP contribution >= 0.6 is 0 Å². The van der Waals surface area contributed by atoms with E-state index in [4.69, 9.17) is 6.57 Å². The summed E-state index contributed by atoms with van der Waals surface area (Å²) in [7, 11) is 0. The SMILES string of the molecule is [C-]#[N+][C@@H]1C[C@@]2(CN1C(=O)[C@@H](Cc1ccccc1)C(=O)Nc1cc(F)cc(F)c1)C(=O)Nc1ccccc12. The van der Waals surface area contributed by atoms with Crippen LogP contribution in [0.3, 0.4) is 0 Å². The molecule has 37 heavy (non-hydrogen) atoms. The fraction of sp³-hybridized carbons (Fsp3) is 0.214. The topological polar surface area (TPSA) is 82.9 Å². The molecule has 3 aromatic rings. The summed E-state index contributed by atoms with van der Waals surface area (Å²) in [5.41, 5.74) is 0.817. The van der Waals surface area contributed by atoms with Crippen molar-refractivity contribution in [1.82, 2.24) is 4.90 Å². The van der Waals surface area contributed by atoms with Crippen molar-refractivity contribution in [2.24, 2.45) is 5.92 Å². The van der Waals surface area contributed by atoms with E-state index in [9.17, 15) is 23.2 Å². The zero-order chi connectivity index (χ0) is 26.2. The Morgan fingerprint density at radius 1 is 1.08 bits per heavy atom. The van der Waals surface area contributed by atoms with Gasteiger partial charge in [-0.15, -0.1) is 0 Å². The van der Waals surface area contributed by atoms with Crippen LogP contribution in [-0.2, 0) is 26.2 Å². The Balaban J connectivity index is 1.47. The van der Waals surface area contributed by atoms with E-state index in [2.05, 4.69) is 15.5 Å². The Morgan fingerprint density at radius 3 is 2.46 bits per heavy atom. The van der Waals surface area contributed by atoms with Gasteiger partial charge >= 0.3 is 6.17 Å². The molecule has 1 spiro atoms. The molecule has 0 unspecified atom stereocenters. The molecule has 2 N–H and O–H groups in total. The van der Waals surface area contributed by atoms with E-state index in [0.29, 0.717) is 22.9 Å². The maximum Gasteiger partial charge on any atom is 0.302 e. The number of nitrogens with one attached hydrogen (secondary N) is 2. The number of carbonyl (C=O) groups excluding carboxylic acids is 3. The van der Waals surface area contributed by atoms with E-state index in [-0.39, 0.29) is 31.0 Å². The van der Waals surface area contributed by atoms with Crippen LogP contribution in [0.1, 0.15) is 17.5 Å². The molecule has 3 atom stereocenters. The molecule has 2 aliphatic rings. The molecule has 0 saturated carbocycles. The summed E-state index contributed by atoms with van der Waals surface area (Å²) >= 11 is 0. The second-order valence-electron chi connectivity index (χ2n) is 9.25. The Bertz CT molecular complexity index is 1420. The molecule has 5 rings (SSSR count). The highest BCUT2D eigenvalue weighted by atomic mass is 19.1. The van der Waals surface area contributed by atoms with Gasteiger partial charge in [-0.2, -0.15) is 0 Å². The van der Waals surface area contributed by atoms with Crippen molar-refractivity contribution in [3.8, 4) is 0 Å². The second-order valence-corrected chi connectivity index (χ2v) is 9.25. The lowest BCUT2D eigenvalue weighted by molar-refractivity contribution is -0.140. The number of nitrogens with zero attached hydrogens (tertiary/aromatic N) is 2. The number of carbonyl (C=O) groups is 3. The van der Waals surface area contributed by atoms with Gasteiger partial charge in [0.25, 0.3) is 0 Å². The van der Waals surface area contributed by atoms with Gasteiger partial charge in [-0.25, -0.2) is 15.4 Å². The molecule has 0 aromatic heterocycles. The van der Waals surface area contributed by atoms with E-state index >= 15 is 0 Å². The molecule has 2 heterocycles. The van der Waals surface area contributed by atoms with Crippen LogP contribution in [0.15, 0.2) is 72.8 Å². The largest absolute Gasteiger partial charge is 0.325 e. The van der Waals surface area contributed by atoms with Gasteiger partial charge in [-0.3, -0.25) is 24.1 Å². The lowest BCUT2D eigenvalue weighted by Crippen LogP contribution is -2.46. The molecular formula is C28H22F2N4O3. The van der Waals surface area contributed by atoms with Crippen LogP contribution in [-0.4, -0.2) is 35.3 Å². The third kappa shape index (κ3) is 4.42. The smallest absolute Gasteiger partial charge is 0.302 e. The zero-order valence-electron chi connectivity index (χ0n) is 19.6. The van der Waals surface area contributed by atoms with E-state index < -0.39 is 40.9 Å². The minimum absolute atomic E-state index is 0.000305. The predicted octanol–water partition coefficient (Wildman–Crippen LogP) is 4.13. The highest BCUT2D eigenvalue weighted by Gasteiger charge is 2.59. The Morgan fingerprint density at radius 2 is 1.76 bits per heavy atom. The minimum Gasteiger partial charge on any atom is -0.325 e. The van der Waals surface area contributed by atoms with Crippen molar-refractivity contribution in [3.05, 3.63) is 107 Å². The third-order valence-electron chi connectivity index (χ3n) is 6.92. The third-order valence-corrected chi connectivity index (χ3v) is 6.92. The van der Waals surface area contributed by atoms with Gasteiger partial charge in [-0.05, 0) is 35.7 Å². The summed E-state index contributed by atoms with van der Waals surface area (Å²) in [5, 5.41) is 5.28. The second kappa shape index (κ2) is 9.47. The van der Waals surface area contributed by atoms with Gasteiger partial charge in [0.15, 0.2) is 0 Å². The first kappa shape index (κ1) is 24.1. The summed E-state index contributed by atoms with van der Waals surface area (Å²) in [5.74, 6) is -4.73. The molecule has 3 aromatic carbocycles. The highest BCUT2D eigenvalue weighted by Crippen LogP contribution is 2.47. The molecule has 0 bridgehead atoms. The van der Waals surface area contributed by atoms with Crippen molar-refractivity contribution in [2.45, 2.75) is 24.4 Å². The van der Waals surface area contributed by atoms with Crippen LogP contribution in [0, 0.1) is 24.1 Å². The highest BCUT2D eigenvalue weighted by molar-refractivity contribution is 6.09. The lowest BCUT2D eigenvalue weighted by atomic mass is 9.80. The molecule has 0 radical (unpaired) electrons. The lowest BCUT2D eigenvalue weighted by Gasteiger charge is -2.25. The molecule has 9 heteroatoms. The number of para-hydroxylation sites is 1. The van der Waals surface area contributed by atoms with E-state index in [1.54, 1.807) is 54.6 Å². The number of benzene rings is 3. The average molecular weight is 501 g/mol. The average Bonchev–Trinajstić information content (AvgIpc) is 3.40. The number of rotatable bonds is 5. The van der Waals surface area contributed by atoms with Gasteiger partial charge in [0.2, 0.25) is 17.7 Å². The van der Waals surface area contributed by atoms with Crippen molar-refractivity contribution in [2.75, 3.05) is 17.2 Å². The molecule has 3 amide bonds. The van der Waals surface area contributed by atoms with Crippen molar-refractivity contribution >= 4 is 29.1 Å². The summed E-state index contributed by atoms with van der Waals surface area (Å²) < 4.78 is 27.4. The number of fused-ring (bicyclic) bond motifs is 2. The van der Waals surface area contributed by atoms with Gasteiger partial charge in [0.1, 0.15) is 23.0 Å². The van der Waals surface area contributed by atoms with Crippen LogP contribution in [0.2, 0.25) is 0 Å². The summed E-state index contributed by atoms with van der Waals surface area (Å²) in [6, 6.07) is 18.6. The van der Waals surface area contributed by atoms with E-state index in [0.717, 1.165) is 12.1 Å². The number of amides is 3. The molecular weight excluding hydrogens is 478 g/mol. The fourth-order valence-corrected chi connectivity index (χ4v) is 5.15. The quantitative estimate of drug-likeness (QED) is 0.408. The summed E-state index contributed by atoms with van der Waals surface area (Å²) in [6.07, 6.45) is -0.859.